The number of hydrogen-bond acceptors (Lipinski definition) is 4. The molecule has 1 fully saturated rings. The van der Waals surface area contributed by atoms with E-state index in [-0.39, 0.29) is 0 Å². The van der Waals surface area contributed by atoms with Crippen molar-refractivity contribution in [3.63, 3.8) is 0 Å². The van der Waals surface area contributed by atoms with E-state index in [1.807, 2.05) is 6.92 Å². The molecular formula is C15H31N3O2. The predicted octanol–water partition coefficient (Wildman–Crippen LogP) is 1.24. The fourth-order valence-electron chi connectivity index (χ4n) is 3.63. The summed E-state index contributed by atoms with van der Waals surface area (Å²) in [6, 6.07) is 0.816. The molecule has 118 valence electrons. The van der Waals surface area contributed by atoms with Crippen LogP contribution in [-0.4, -0.2) is 72.2 Å². The minimum Gasteiger partial charge on any atom is -0.480 e. The Kier molecular flexibility index (Phi) is 6.43. The van der Waals surface area contributed by atoms with E-state index >= 15 is 0 Å². The maximum absolute atomic E-state index is 11.6. The second-order valence-electron chi connectivity index (χ2n) is 6.26. The van der Waals surface area contributed by atoms with E-state index in [4.69, 9.17) is 0 Å². The van der Waals surface area contributed by atoms with Crippen molar-refractivity contribution >= 4 is 5.97 Å². The number of nitrogens with zero attached hydrogens (tertiary/aromatic N) is 2. The first-order valence-electron chi connectivity index (χ1n) is 7.75. The van der Waals surface area contributed by atoms with Crippen LogP contribution in [0.5, 0.6) is 0 Å². The summed E-state index contributed by atoms with van der Waals surface area (Å²) in [5.41, 5.74) is -0.718. The lowest BCUT2D eigenvalue weighted by atomic mass is 9.97. The molecule has 1 saturated carbocycles. The maximum Gasteiger partial charge on any atom is 0.323 e. The topological polar surface area (TPSA) is 55.8 Å². The molecule has 3 unspecified atom stereocenters. The number of carboxylic acids is 1. The standard InChI is InChI=1S/C15H31N3O2/c1-6-16-15(14(19)20)9-8-13(10-15)18(7-2)12(3)11-17(4)5/h12-13,16H,6-11H2,1-5H3,(H,19,20). The molecule has 3 atom stereocenters. The zero-order valence-corrected chi connectivity index (χ0v) is 13.6. The van der Waals surface area contributed by atoms with Gasteiger partial charge in [-0.05, 0) is 53.4 Å². The van der Waals surface area contributed by atoms with Gasteiger partial charge in [0.05, 0.1) is 0 Å². The Balaban J connectivity index is 2.74. The van der Waals surface area contributed by atoms with E-state index < -0.39 is 11.5 Å². The van der Waals surface area contributed by atoms with Gasteiger partial charge in [0.2, 0.25) is 0 Å². The molecule has 0 spiro atoms. The molecule has 0 amide bonds. The van der Waals surface area contributed by atoms with E-state index in [0.29, 0.717) is 25.0 Å². The highest BCUT2D eigenvalue weighted by Gasteiger charge is 2.46. The molecule has 0 aromatic rings. The predicted molar refractivity (Wildman–Crippen MR) is 82.1 cm³/mol. The van der Waals surface area contributed by atoms with Crippen LogP contribution >= 0.6 is 0 Å². The lowest BCUT2D eigenvalue weighted by Gasteiger charge is -2.36. The zero-order chi connectivity index (χ0) is 15.3. The fraction of sp³-hybridized carbons (Fsp3) is 0.933. The molecule has 1 rings (SSSR count). The zero-order valence-electron chi connectivity index (χ0n) is 13.6. The molecular weight excluding hydrogens is 254 g/mol. The van der Waals surface area contributed by atoms with E-state index in [0.717, 1.165) is 25.9 Å². The Morgan fingerprint density at radius 3 is 2.55 bits per heavy atom. The van der Waals surface area contributed by atoms with E-state index in [1.54, 1.807) is 0 Å². The monoisotopic (exact) mass is 285 g/mol. The molecule has 1 aliphatic carbocycles. The summed E-state index contributed by atoms with van der Waals surface area (Å²) < 4.78 is 0. The van der Waals surface area contributed by atoms with Crippen molar-refractivity contribution < 1.29 is 9.90 Å². The van der Waals surface area contributed by atoms with E-state index in [1.165, 1.54) is 0 Å². The van der Waals surface area contributed by atoms with Gasteiger partial charge < -0.3 is 15.3 Å². The summed E-state index contributed by atoms with van der Waals surface area (Å²) in [6.45, 7) is 9.06. The van der Waals surface area contributed by atoms with Gasteiger partial charge in [-0.3, -0.25) is 9.69 Å². The van der Waals surface area contributed by atoms with Crippen LogP contribution in [0.1, 0.15) is 40.0 Å². The van der Waals surface area contributed by atoms with Gasteiger partial charge in [0.1, 0.15) is 5.54 Å². The van der Waals surface area contributed by atoms with E-state index in [2.05, 4.69) is 43.1 Å². The summed E-state index contributed by atoms with van der Waals surface area (Å²) in [6.07, 6.45) is 2.40. The van der Waals surface area contributed by atoms with Crippen molar-refractivity contribution in [2.75, 3.05) is 33.7 Å². The van der Waals surface area contributed by atoms with Gasteiger partial charge in [-0.2, -0.15) is 0 Å². The van der Waals surface area contributed by atoms with Crippen LogP contribution in [0.15, 0.2) is 0 Å². The second-order valence-corrected chi connectivity index (χ2v) is 6.26. The first-order chi connectivity index (χ1) is 9.36. The highest BCUT2D eigenvalue weighted by molar-refractivity contribution is 5.79. The Morgan fingerprint density at radius 1 is 1.45 bits per heavy atom. The average Bonchev–Trinajstić information content (AvgIpc) is 2.75. The minimum absolute atomic E-state index is 0.366. The Hall–Kier alpha value is -0.650. The molecule has 0 heterocycles. The van der Waals surface area contributed by atoms with Crippen molar-refractivity contribution in [2.45, 2.75) is 57.7 Å². The smallest absolute Gasteiger partial charge is 0.323 e. The van der Waals surface area contributed by atoms with Crippen molar-refractivity contribution in [1.29, 1.82) is 0 Å². The number of carboxylic acid groups (broad SMARTS) is 1. The van der Waals surface area contributed by atoms with Crippen molar-refractivity contribution in [1.82, 2.24) is 15.1 Å². The highest BCUT2D eigenvalue weighted by Crippen LogP contribution is 2.34. The number of carbonyl (C=O) groups is 1. The molecule has 0 bridgehead atoms. The molecule has 0 saturated heterocycles. The van der Waals surface area contributed by atoms with Crippen molar-refractivity contribution in [3.05, 3.63) is 0 Å². The third kappa shape index (κ3) is 3.93. The number of aliphatic carboxylic acids is 1. The molecule has 5 nitrogen and oxygen atoms in total. The van der Waals surface area contributed by atoms with Crippen LogP contribution in [0.4, 0.5) is 0 Å². The highest BCUT2D eigenvalue weighted by atomic mass is 16.4. The number of hydrogen-bond donors (Lipinski definition) is 2. The first kappa shape index (κ1) is 17.4. The van der Waals surface area contributed by atoms with Gasteiger partial charge in [0, 0.05) is 18.6 Å². The summed E-state index contributed by atoms with van der Waals surface area (Å²) >= 11 is 0. The van der Waals surface area contributed by atoms with E-state index in [9.17, 15) is 9.90 Å². The van der Waals surface area contributed by atoms with Gasteiger partial charge >= 0.3 is 5.97 Å². The molecule has 2 N–H and O–H groups in total. The Bertz CT molecular complexity index is 322. The lowest BCUT2D eigenvalue weighted by molar-refractivity contribution is -0.144. The Labute approximate surface area is 123 Å². The quantitative estimate of drug-likeness (QED) is 0.703. The minimum atomic E-state index is -0.718. The third-order valence-corrected chi connectivity index (χ3v) is 4.44. The molecule has 1 aliphatic rings. The molecule has 0 aromatic carbocycles. The molecule has 20 heavy (non-hydrogen) atoms. The molecule has 0 radical (unpaired) electrons. The summed E-state index contributed by atoms with van der Waals surface area (Å²) in [7, 11) is 4.17. The summed E-state index contributed by atoms with van der Waals surface area (Å²) in [5, 5.41) is 12.8. The number of rotatable bonds is 8. The van der Waals surface area contributed by atoms with Crippen LogP contribution in [0.3, 0.4) is 0 Å². The second kappa shape index (κ2) is 7.38. The molecule has 0 aliphatic heterocycles. The Morgan fingerprint density at radius 2 is 2.10 bits per heavy atom. The lowest BCUT2D eigenvalue weighted by Crippen LogP contribution is -2.52. The molecule has 5 heteroatoms. The number of nitrogens with one attached hydrogen (secondary N) is 1. The first-order valence-corrected chi connectivity index (χ1v) is 7.75. The fourth-order valence-corrected chi connectivity index (χ4v) is 3.63. The van der Waals surface area contributed by atoms with Crippen LogP contribution in [0, 0.1) is 0 Å². The SMILES string of the molecule is CCNC1(C(=O)O)CCC(N(CC)C(C)CN(C)C)C1. The normalized spacial score (nSPS) is 28.2. The van der Waals surface area contributed by atoms with Crippen molar-refractivity contribution in [3.8, 4) is 0 Å². The van der Waals surface area contributed by atoms with Gasteiger partial charge in [0.25, 0.3) is 0 Å². The largest absolute Gasteiger partial charge is 0.480 e. The van der Waals surface area contributed by atoms with Gasteiger partial charge in [0.15, 0.2) is 0 Å². The van der Waals surface area contributed by atoms with Crippen LogP contribution in [0.2, 0.25) is 0 Å². The van der Waals surface area contributed by atoms with Crippen molar-refractivity contribution in [2.24, 2.45) is 0 Å². The van der Waals surface area contributed by atoms with Crippen LogP contribution in [-0.2, 0) is 4.79 Å². The van der Waals surface area contributed by atoms with Gasteiger partial charge in [-0.1, -0.05) is 13.8 Å². The summed E-state index contributed by atoms with van der Waals surface area (Å²) in [4.78, 5) is 16.3. The summed E-state index contributed by atoms with van der Waals surface area (Å²) in [5.74, 6) is -0.696. The third-order valence-electron chi connectivity index (χ3n) is 4.44. The maximum atomic E-state index is 11.6. The van der Waals surface area contributed by atoms with Crippen LogP contribution < -0.4 is 5.32 Å². The number of likely N-dealkylation sites (N-methyl/N-ethyl adjacent to an activating group) is 3. The van der Waals surface area contributed by atoms with Crippen LogP contribution in [0.25, 0.3) is 0 Å². The van der Waals surface area contributed by atoms with Gasteiger partial charge in [-0.15, -0.1) is 0 Å². The average molecular weight is 285 g/mol. The van der Waals surface area contributed by atoms with Gasteiger partial charge in [-0.25, -0.2) is 0 Å². The molecule has 0 aromatic heterocycles.